The highest BCUT2D eigenvalue weighted by atomic mass is 19.4. The standard InChI is InChI=1S/C20H12F4N4O/c21-14-4-2-6-16(12-14)28-17(7-9-25-28)19-18(29)8-10-27(26-19)15-5-1-3-13(11-15)20(22,23)24/h1-12H. The normalized spacial score (nSPS) is 11.6. The molecule has 29 heavy (non-hydrogen) atoms. The van der Waals surface area contributed by atoms with E-state index in [1.807, 2.05) is 0 Å². The summed E-state index contributed by atoms with van der Waals surface area (Å²) in [6.07, 6.45) is -1.80. The molecule has 0 amide bonds. The smallest absolute Gasteiger partial charge is 0.287 e. The van der Waals surface area contributed by atoms with E-state index in [0.29, 0.717) is 5.69 Å². The Morgan fingerprint density at radius 2 is 1.66 bits per heavy atom. The van der Waals surface area contributed by atoms with Crippen LogP contribution in [-0.2, 0) is 6.18 Å². The average Bonchev–Trinajstić information content (AvgIpc) is 3.17. The van der Waals surface area contributed by atoms with Crippen LogP contribution in [0.3, 0.4) is 0 Å². The first-order valence-corrected chi connectivity index (χ1v) is 8.41. The summed E-state index contributed by atoms with van der Waals surface area (Å²) in [5.74, 6) is -0.480. The predicted molar refractivity (Wildman–Crippen MR) is 97.4 cm³/mol. The van der Waals surface area contributed by atoms with Crippen LogP contribution in [-0.4, -0.2) is 19.6 Å². The highest BCUT2D eigenvalue weighted by molar-refractivity contribution is 5.57. The molecule has 2 aromatic heterocycles. The Hall–Kier alpha value is -3.75. The van der Waals surface area contributed by atoms with Crippen LogP contribution in [0.2, 0.25) is 0 Å². The molecule has 0 atom stereocenters. The van der Waals surface area contributed by atoms with Gasteiger partial charge in [0.15, 0.2) is 5.69 Å². The van der Waals surface area contributed by atoms with Crippen LogP contribution < -0.4 is 5.43 Å². The number of halogens is 4. The van der Waals surface area contributed by atoms with E-state index in [1.165, 1.54) is 64.2 Å². The van der Waals surface area contributed by atoms with Crippen LogP contribution in [0.1, 0.15) is 5.56 Å². The third kappa shape index (κ3) is 3.66. The maximum Gasteiger partial charge on any atom is 0.416 e. The van der Waals surface area contributed by atoms with Crippen molar-refractivity contribution >= 4 is 0 Å². The molecule has 0 fully saturated rings. The molecule has 5 nitrogen and oxygen atoms in total. The van der Waals surface area contributed by atoms with Crippen LogP contribution in [0.15, 0.2) is 77.9 Å². The Bertz CT molecular complexity index is 1240. The molecule has 0 unspecified atom stereocenters. The Balaban J connectivity index is 1.83. The molecule has 146 valence electrons. The van der Waals surface area contributed by atoms with Gasteiger partial charge in [0.2, 0.25) is 5.43 Å². The molecule has 4 rings (SSSR count). The van der Waals surface area contributed by atoms with Crippen molar-refractivity contribution in [1.82, 2.24) is 19.6 Å². The molecule has 0 aliphatic rings. The summed E-state index contributed by atoms with van der Waals surface area (Å²) in [4.78, 5) is 12.4. The van der Waals surface area contributed by atoms with Gasteiger partial charge in [-0.2, -0.15) is 23.4 Å². The predicted octanol–water partition coefficient (Wildman–Crippen LogP) is 4.24. The molecule has 0 spiro atoms. The second-order valence-corrected chi connectivity index (χ2v) is 6.13. The summed E-state index contributed by atoms with van der Waals surface area (Å²) in [5.41, 5.74) is -0.527. The van der Waals surface area contributed by atoms with E-state index in [2.05, 4.69) is 10.2 Å². The molecule has 0 aliphatic heterocycles. The van der Waals surface area contributed by atoms with Gasteiger partial charge in [0.1, 0.15) is 5.82 Å². The molecule has 0 saturated carbocycles. The summed E-state index contributed by atoms with van der Waals surface area (Å²) < 4.78 is 55.1. The minimum Gasteiger partial charge on any atom is -0.287 e. The number of alkyl halides is 3. The van der Waals surface area contributed by atoms with E-state index < -0.39 is 23.0 Å². The van der Waals surface area contributed by atoms with Gasteiger partial charge in [0.25, 0.3) is 0 Å². The van der Waals surface area contributed by atoms with Crippen molar-refractivity contribution in [3.05, 3.63) is 94.7 Å². The largest absolute Gasteiger partial charge is 0.416 e. The van der Waals surface area contributed by atoms with E-state index in [0.717, 1.165) is 12.1 Å². The molecule has 0 radical (unpaired) electrons. The minimum atomic E-state index is -4.51. The molecule has 2 heterocycles. The molecule has 0 aliphatic carbocycles. The second-order valence-electron chi connectivity index (χ2n) is 6.13. The van der Waals surface area contributed by atoms with Crippen molar-refractivity contribution in [2.24, 2.45) is 0 Å². The number of benzene rings is 2. The van der Waals surface area contributed by atoms with Crippen LogP contribution in [0.4, 0.5) is 17.6 Å². The van der Waals surface area contributed by atoms with E-state index in [-0.39, 0.29) is 17.1 Å². The fourth-order valence-corrected chi connectivity index (χ4v) is 2.85. The molecular weight excluding hydrogens is 388 g/mol. The van der Waals surface area contributed by atoms with Crippen molar-refractivity contribution < 1.29 is 17.6 Å². The first-order valence-electron chi connectivity index (χ1n) is 8.41. The lowest BCUT2D eigenvalue weighted by molar-refractivity contribution is -0.137. The third-order valence-corrected chi connectivity index (χ3v) is 4.18. The molecular formula is C20H12F4N4O. The van der Waals surface area contributed by atoms with Crippen molar-refractivity contribution in [1.29, 1.82) is 0 Å². The molecule has 0 bridgehead atoms. The third-order valence-electron chi connectivity index (χ3n) is 4.18. The van der Waals surface area contributed by atoms with Gasteiger partial charge in [-0.1, -0.05) is 12.1 Å². The van der Waals surface area contributed by atoms with E-state index >= 15 is 0 Å². The van der Waals surface area contributed by atoms with Gasteiger partial charge < -0.3 is 0 Å². The van der Waals surface area contributed by atoms with Crippen molar-refractivity contribution in [3.8, 4) is 22.8 Å². The van der Waals surface area contributed by atoms with Gasteiger partial charge in [-0.3, -0.25) is 4.79 Å². The van der Waals surface area contributed by atoms with Crippen LogP contribution in [0.25, 0.3) is 22.8 Å². The highest BCUT2D eigenvalue weighted by Crippen LogP contribution is 2.30. The Labute approximate surface area is 161 Å². The summed E-state index contributed by atoms with van der Waals surface area (Å²) in [7, 11) is 0. The SMILES string of the molecule is O=c1ccn(-c2cccc(C(F)(F)F)c2)nc1-c1ccnn1-c1cccc(F)c1. The summed E-state index contributed by atoms with van der Waals surface area (Å²) in [6.45, 7) is 0. The van der Waals surface area contributed by atoms with Crippen molar-refractivity contribution in [2.45, 2.75) is 6.18 Å². The van der Waals surface area contributed by atoms with Gasteiger partial charge in [0.05, 0.1) is 28.8 Å². The van der Waals surface area contributed by atoms with Gasteiger partial charge >= 0.3 is 6.18 Å². The summed E-state index contributed by atoms with van der Waals surface area (Å²) in [6, 6.07) is 12.9. The zero-order chi connectivity index (χ0) is 20.6. The lowest BCUT2D eigenvalue weighted by atomic mass is 10.2. The monoisotopic (exact) mass is 400 g/mol. The molecule has 9 heteroatoms. The van der Waals surface area contributed by atoms with Gasteiger partial charge in [0, 0.05) is 12.3 Å². The molecule has 2 aromatic carbocycles. The van der Waals surface area contributed by atoms with Crippen molar-refractivity contribution in [3.63, 3.8) is 0 Å². The van der Waals surface area contributed by atoms with E-state index in [4.69, 9.17) is 0 Å². The van der Waals surface area contributed by atoms with Gasteiger partial charge in [-0.25, -0.2) is 13.8 Å². The highest BCUT2D eigenvalue weighted by Gasteiger charge is 2.30. The fourth-order valence-electron chi connectivity index (χ4n) is 2.85. The van der Waals surface area contributed by atoms with Crippen molar-refractivity contribution in [2.75, 3.05) is 0 Å². The summed E-state index contributed by atoms with van der Waals surface area (Å²) >= 11 is 0. The van der Waals surface area contributed by atoms with Crippen LogP contribution in [0, 0.1) is 5.82 Å². The first kappa shape index (κ1) is 18.6. The molecule has 0 N–H and O–H groups in total. The summed E-state index contributed by atoms with van der Waals surface area (Å²) in [5, 5.41) is 8.31. The maximum absolute atomic E-state index is 13.6. The van der Waals surface area contributed by atoms with Gasteiger partial charge in [-0.05, 0) is 42.5 Å². The first-order chi connectivity index (χ1) is 13.8. The lowest BCUT2D eigenvalue weighted by Crippen LogP contribution is -2.15. The molecule has 4 aromatic rings. The number of nitrogens with zero attached hydrogens (tertiary/aromatic N) is 4. The zero-order valence-electron chi connectivity index (χ0n) is 14.6. The Morgan fingerprint density at radius 1 is 0.897 bits per heavy atom. The average molecular weight is 400 g/mol. The number of rotatable bonds is 3. The zero-order valence-corrected chi connectivity index (χ0v) is 14.6. The number of hydrogen-bond acceptors (Lipinski definition) is 3. The topological polar surface area (TPSA) is 52.7 Å². The number of aromatic nitrogens is 4. The van der Waals surface area contributed by atoms with Crippen LogP contribution >= 0.6 is 0 Å². The molecule has 0 saturated heterocycles. The maximum atomic E-state index is 13.6. The Kier molecular flexibility index (Phi) is 4.50. The lowest BCUT2D eigenvalue weighted by Gasteiger charge is -2.12. The minimum absolute atomic E-state index is 0.0355. The van der Waals surface area contributed by atoms with E-state index in [1.54, 1.807) is 6.07 Å². The quantitative estimate of drug-likeness (QED) is 0.484. The second kappa shape index (κ2) is 7.01. The van der Waals surface area contributed by atoms with E-state index in [9.17, 15) is 22.4 Å². The van der Waals surface area contributed by atoms with Gasteiger partial charge in [-0.15, -0.1) is 0 Å². The Morgan fingerprint density at radius 3 is 2.41 bits per heavy atom. The number of hydrogen-bond donors (Lipinski definition) is 0. The van der Waals surface area contributed by atoms with Crippen LogP contribution in [0.5, 0.6) is 0 Å². The fraction of sp³-hybridized carbons (Fsp3) is 0.0500.